The summed E-state index contributed by atoms with van der Waals surface area (Å²) in [6.07, 6.45) is 0. The van der Waals surface area contributed by atoms with Gasteiger partial charge in [-0.25, -0.2) is 0 Å². The minimum absolute atomic E-state index is 0.124. The average molecular weight is 227 g/mol. The maximum Gasteiger partial charge on any atom is 0.310 e. The van der Waals surface area contributed by atoms with Gasteiger partial charge in [0.2, 0.25) is 0 Å². The fourth-order valence-corrected chi connectivity index (χ4v) is 1.51. The number of amides is 1. The summed E-state index contributed by atoms with van der Waals surface area (Å²) in [6, 6.07) is 3.48. The van der Waals surface area contributed by atoms with Crippen LogP contribution in [-0.4, -0.2) is 23.5 Å². The normalized spacial score (nSPS) is 11.1. The van der Waals surface area contributed by atoms with Crippen molar-refractivity contribution in [1.29, 1.82) is 0 Å². The summed E-state index contributed by atoms with van der Waals surface area (Å²) in [6.45, 7) is 3.27. The molecule has 1 aromatic rings. The molecule has 0 aliphatic carbocycles. The largest absolute Gasteiger partial charge is 0.481 e. The van der Waals surface area contributed by atoms with Crippen LogP contribution in [-0.2, 0) is 4.79 Å². The highest BCUT2D eigenvalue weighted by Gasteiger charge is 2.27. The van der Waals surface area contributed by atoms with Gasteiger partial charge in [0.25, 0.3) is 5.91 Å². The molecule has 0 saturated carbocycles. The van der Waals surface area contributed by atoms with E-state index in [2.05, 4.69) is 5.32 Å². The zero-order valence-corrected chi connectivity index (χ0v) is 9.43. The SMILES string of the molecule is CC(C)(CNC(=O)c1cccs1)C(=O)O. The van der Waals surface area contributed by atoms with Crippen LogP contribution in [0, 0.1) is 5.41 Å². The number of rotatable bonds is 4. The number of aliphatic carboxylic acids is 1. The third-order valence-electron chi connectivity index (χ3n) is 2.01. The molecule has 0 atom stereocenters. The van der Waals surface area contributed by atoms with Crippen LogP contribution in [0.2, 0.25) is 0 Å². The van der Waals surface area contributed by atoms with Gasteiger partial charge in [0.05, 0.1) is 10.3 Å². The molecule has 1 aromatic heterocycles. The molecule has 0 bridgehead atoms. The van der Waals surface area contributed by atoms with Crippen LogP contribution in [0.25, 0.3) is 0 Å². The fraction of sp³-hybridized carbons (Fsp3) is 0.400. The molecule has 4 nitrogen and oxygen atoms in total. The first-order valence-electron chi connectivity index (χ1n) is 4.48. The lowest BCUT2D eigenvalue weighted by Crippen LogP contribution is -2.38. The van der Waals surface area contributed by atoms with Crippen molar-refractivity contribution >= 4 is 23.2 Å². The molecule has 0 unspecified atom stereocenters. The van der Waals surface area contributed by atoms with E-state index in [9.17, 15) is 9.59 Å². The van der Waals surface area contributed by atoms with Gasteiger partial charge in [-0.2, -0.15) is 0 Å². The molecule has 0 spiro atoms. The first-order valence-corrected chi connectivity index (χ1v) is 5.36. The number of hydrogen-bond acceptors (Lipinski definition) is 3. The zero-order valence-electron chi connectivity index (χ0n) is 8.61. The Bertz CT molecular complexity index is 357. The van der Waals surface area contributed by atoms with Crippen LogP contribution in [0.15, 0.2) is 17.5 Å². The van der Waals surface area contributed by atoms with Gasteiger partial charge < -0.3 is 10.4 Å². The van der Waals surface area contributed by atoms with Crippen LogP contribution < -0.4 is 5.32 Å². The van der Waals surface area contributed by atoms with E-state index in [0.29, 0.717) is 4.88 Å². The standard InChI is InChI=1S/C10H13NO3S/c1-10(2,9(13)14)6-11-8(12)7-4-3-5-15-7/h3-5H,6H2,1-2H3,(H,11,12)(H,13,14). The second-order valence-corrected chi connectivity index (χ2v) is 4.80. The van der Waals surface area contributed by atoms with E-state index in [1.165, 1.54) is 11.3 Å². The third kappa shape index (κ3) is 3.06. The van der Waals surface area contributed by atoms with Crippen molar-refractivity contribution in [1.82, 2.24) is 5.32 Å². The van der Waals surface area contributed by atoms with Gasteiger partial charge in [0, 0.05) is 6.54 Å². The second kappa shape index (κ2) is 4.44. The minimum atomic E-state index is -0.938. The summed E-state index contributed by atoms with van der Waals surface area (Å²) in [7, 11) is 0. The molecule has 0 radical (unpaired) electrons. The van der Waals surface area contributed by atoms with E-state index >= 15 is 0 Å². The number of carboxylic acids is 1. The van der Waals surface area contributed by atoms with E-state index in [1.807, 2.05) is 0 Å². The van der Waals surface area contributed by atoms with Crippen LogP contribution in [0.4, 0.5) is 0 Å². The lowest BCUT2D eigenvalue weighted by Gasteiger charge is -2.18. The Morgan fingerprint density at radius 3 is 2.67 bits per heavy atom. The van der Waals surface area contributed by atoms with E-state index in [4.69, 9.17) is 5.11 Å². The zero-order chi connectivity index (χ0) is 11.5. The number of hydrogen-bond donors (Lipinski definition) is 2. The highest BCUT2D eigenvalue weighted by Crippen LogP contribution is 2.14. The number of nitrogens with one attached hydrogen (secondary N) is 1. The topological polar surface area (TPSA) is 66.4 Å². The molecule has 82 valence electrons. The van der Waals surface area contributed by atoms with E-state index in [1.54, 1.807) is 31.4 Å². The third-order valence-corrected chi connectivity index (χ3v) is 2.88. The molecule has 0 aliphatic rings. The van der Waals surface area contributed by atoms with E-state index in [0.717, 1.165) is 0 Å². The van der Waals surface area contributed by atoms with Crippen LogP contribution in [0.3, 0.4) is 0 Å². The highest BCUT2D eigenvalue weighted by atomic mass is 32.1. The molecule has 0 aromatic carbocycles. The summed E-state index contributed by atoms with van der Waals surface area (Å²) in [5, 5.41) is 13.2. The molecule has 1 rings (SSSR count). The monoisotopic (exact) mass is 227 g/mol. The summed E-state index contributed by atoms with van der Waals surface area (Å²) in [5.41, 5.74) is -0.938. The van der Waals surface area contributed by atoms with Crippen LogP contribution in [0.1, 0.15) is 23.5 Å². The Labute approximate surface area is 91.9 Å². The molecule has 1 heterocycles. The van der Waals surface area contributed by atoms with Crippen molar-refractivity contribution in [2.45, 2.75) is 13.8 Å². The molecular formula is C10H13NO3S. The number of carboxylic acid groups (broad SMARTS) is 1. The second-order valence-electron chi connectivity index (χ2n) is 3.85. The van der Waals surface area contributed by atoms with Gasteiger partial charge >= 0.3 is 5.97 Å². The molecule has 5 heteroatoms. The van der Waals surface area contributed by atoms with Crippen molar-refractivity contribution in [2.24, 2.45) is 5.41 Å². The average Bonchev–Trinajstić information content (AvgIpc) is 2.66. The smallest absolute Gasteiger partial charge is 0.310 e. The Hall–Kier alpha value is -1.36. The lowest BCUT2D eigenvalue weighted by molar-refractivity contribution is -0.146. The van der Waals surface area contributed by atoms with Gasteiger partial charge in [0.1, 0.15) is 0 Å². The van der Waals surface area contributed by atoms with Crippen molar-refractivity contribution in [3.63, 3.8) is 0 Å². The van der Waals surface area contributed by atoms with Crippen molar-refractivity contribution in [2.75, 3.05) is 6.54 Å². The molecule has 2 N–H and O–H groups in total. The van der Waals surface area contributed by atoms with E-state index < -0.39 is 11.4 Å². The van der Waals surface area contributed by atoms with Gasteiger partial charge in [-0.1, -0.05) is 6.07 Å². The van der Waals surface area contributed by atoms with Crippen molar-refractivity contribution in [3.05, 3.63) is 22.4 Å². The minimum Gasteiger partial charge on any atom is -0.481 e. The van der Waals surface area contributed by atoms with E-state index in [-0.39, 0.29) is 12.5 Å². The Morgan fingerprint density at radius 1 is 1.53 bits per heavy atom. The van der Waals surface area contributed by atoms with Crippen molar-refractivity contribution < 1.29 is 14.7 Å². The lowest BCUT2D eigenvalue weighted by atomic mass is 9.94. The number of carbonyl (C=O) groups excluding carboxylic acids is 1. The fourth-order valence-electron chi connectivity index (χ4n) is 0.872. The molecular weight excluding hydrogens is 214 g/mol. The Kier molecular flexibility index (Phi) is 3.47. The Balaban J connectivity index is 2.51. The molecule has 0 saturated heterocycles. The predicted octanol–water partition coefficient (Wildman–Crippen LogP) is 1.59. The molecule has 0 fully saturated rings. The molecule has 1 amide bonds. The predicted molar refractivity (Wildman–Crippen MR) is 58.1 cm³/mol. The summed E-state index contributed by atoms with van der Waals surface area (Å²) >= 11 is 1.33. The molecule has 0 aliphatic heterocycles. The van der Waals surface area contributed by atoms with Crippen LogP contribution in [0.5, 0.6) is 0 Å². The summed E-state index contributed by atoms with van der Waals surface area (Å²) in [5.74, 6) is -1.15. The highest BCUT2D eigenvalue weighted by molar-refractivity contribution is 7.12. The van der Waals surface area contributed by atoms with Gasteiger partial charge in [-0.05, 0) is 25.3 Å². The maximum atomic E-state index is 11.5. The van der Waals surface area contributed by atoms with Gasteiger partial charge in [-0.3, -0.25) is 9.59 Å². The summed E-state index contributed by atoms with van der Waals surface area (Å²) < 4.78 is 0. The molecule has 15 heavy (non-hydrogen) atoms. The first kappa shape index (κ1) is 11.7. The van der Waals surface area contributed by atoms with Crippen LogP contribution >= 0.6 is 11.3 Å². The van der Waals surface area contributed by atoms with Gasteiger partial charge in [0.15, 0.2) is 0 Å². The maximum absolute atomic E-state index is 11.5. The number of carbonyl (C=O) groups is 2. The quantitative estimate of drug-likeness (QED) is 0.820. The Morgan fingerprint density at radius 2 is 2.20 bits per heavy atom. The summed E-state index contributed by atoms with van der Waals surface area (Å²) in [4.78, 5) is 22.8. The van der Waals surface area contributed by atoms with Crippen molar-refractivity contribution in [3.8, 4) is 0 Å². The number of thiophene rings is 1. The first-order chi connectivity index (χ1) is 6.93. The van der Waals surface area contributed by atoms with Gasteiger partial charge in [-0.15, -0.1) is 11.3 Å².